The Bertz CT molecular complexity index is 696. The molecule has 1 heterocycles. The van der Waals surface area contributed by atoms with E-state index in [9.17, 15) is 9.59 Å². The third-order valence-corrected chi connectivity index (χ3v) is 4.33. The molecule has 1 aliphatic carbocycles. The van der Waals surface area contributed by atoms with Crippen LogP contribution in [0.3, 0.4) is 0 Å². The molecule has 0 spiro atoms. The molecular weight excluding hydrogens is 278 g/mol. The fourth-order valence-electron chi connectivity index (χ4n) is 3.02. The number of aldehydes is 1. The molecule has 22 heavy (non-hydrogen) atoms. The van der Waals surface area contributed by atoms with Crippen LogP contribution < -0.4 is 5.32 Å². The van der Waals surface area contributed by atoms with Crippen molar-refractivity contribution in [3.8, 4) is 11.3 Å². The van der Waals surface area contributed by atoms with Crippen LogP contribution >= 0.6 is 0 Å². The van der Waals surface area contributed by atoms with Gasteiger partial charge in [0, 0.05) is 17.2 Å². The number of benzene rings is 1. The summed E-state index contributed by atoms with van der Waals surface area (Å²) in [6, 6.07) is 9.12. The van der Waals surface area contributed by atoms with Crippen LogP contribution in [0, 0.1) is 12.8 Å². The summed E-state index contributed by atoms with van der Waals surface area (Å²) in [6.07, 6.45) is 4.91. The molecule has 1 aliphatic rings. The molecule has 1 amide bonds. The first-order valence-electron chi connectivity index (χ1n) is 7.65. The number of hydrogen-bond donors (Lipinski definition) is 1. The van der Waals surface area contributed by atoms with Crippen LogP contribution in [0.5, 0.6) is 0 Å². The van der Waals surface area contributed by atoms with Gasteiger partial charge >= 0.3 is 0 Å². The highest BCUT2D eigenvalue weighted by Crippen LogP contribution is 2.31. The maximum atomic E-state index is 12.3. The Morgan fingerprint density at radius 1 is 1.23 bits per heavy atom. The summed E-state index contributed by atoms with van der Waals surface area (Å²) >= 11 is 0. The molecule has 1 fully saturated rings. The summed E-state index contributed by atoms with van der Waals surface area (Å²) in [5.41, 5.74) is 2.64. The van der Waals surface area contributed by atoms with Gasteiger partial charge in [-0.15, -0.1) is 0 Å². The molecule has 0 saturated heterocycles. The normalized spacial score (nSPS) is 15.0. The molecule has 4 nitrogen and oxygen atoms in total. The van der Waals surface area contributed by atoms with Crippen molar-refractivity contribution in [1.29, 1.82) is 0 Å². The van der Waals surface area contributed by atoms with Crippen LogP contribution in [0.1, 0.15) is 41.8 Å². The highest BCUT2D eigenvalue weighted by molar-refractivity contribution is 5.94. The smallest absolute Gasteiger partial charge is 0.227 e. The molecule has 0 aliphatic heterocycles. The minimum atomic E-state index is 0.103. The second-order valence-corrected chi connectivity index (χ2v) is 5.77. The number of hydrogen-bond acceptors (Lipinski definition) is 3. The van der Waals surface area contributed by atoms with Crippen LogP contribution in [0.4, 0.5) is 5.69 Å². The van der Waals surface area contributed by atoms with Crippen molar-refractivity contribution in [3.05, 3.63) is 41.7 Å². The van der Waals surface area contributed by atoms with E-state index in [1.54, 1.807) is 12.1 Å². The molecule has 3 rings (SSSR count). The number of carbonyl (C=O) groups excluding carboxylic acids is 2. The zero-order valence-electron chi connectivity index (χ0n) is 12.6. The predicted molar refractivity (Wildman–Crippen MR) is 84.9 cm³/mol. The number of amides is 1. The number of carbonyl (C=O) groups is 2. The lowest BCUT2D eigenvalue weighted by Crippen LogP contribution is -2.20. The molecule has 0 unspecified atom stereocenters. The van der Waals surface area contributed by atoms with Gasteiger partial charge in [0.05, 0.1) is 0 Å². The Morgan fingerprint density at radius 2 is 2.00 bits per heavy atom. The van der Waals surface area contributed by atoms with E-state index in [0.717, 1.165) is 42.5 Å². The first-order valence-corrected chi connectivity index (χ1v) is 7.65. The average Bonchev–Trinajstić information content (AvgIpc) is 3.20. The van der Waals surface area contributed by atoms with Crippen LogP contribution in [-0.2, 0) is 4.79 Å². The maximum Gasteiger partial charge on any atom is 0.227 e. The molecule has 1 saturated carbocycles. The highest BCUT2D eigenvalue weighted by atomic mass is 16.3. The second-order valence-electron chi connectivity index (χ2n) is 5.77. The lowest BCUT2D eigenvalue weighted by atomic mass is 10.0. The van der Waals surface area contributed by atoms with Gasteiger partial charge in [0.2, 0.25) is 5.91 Å². The van der Waals surface area contributed by atoms with Crippen molar-refractivity contribution in [2.45, 2.75) is 32.6 Å². The second kappa shape index (κ2) is 6.18. The average molecular weight is 297 g/mol. The molecule has 1 N–H and O–H groups in total. The summed E-state index contributed by atoms with van der Waals surface area (Å²) in [5, 5.41) is 3.03. The number of furan rings is 1. The van der Waals surface area contributed by atoms with Crippen molar-refractivity contribution >= 4 is 17.9 Å². The molecule has 4 heteroatoms. The summed E-state index contributed by atoms with van der Waals surface area (Å²) in [4.78, 5) is 23.0. The molecule has 0 radical (unpaired) electrons. The Morgan fingerprint density at radius 3 is 2.68 bits per heavy atom. The third kappa shape index (κ3) is 2.82. The first-order chi connectivity index (χ1) is 10.7. The van der Waals surface area contributed by atoms with Crippen molar-refractivity contribution < 1.29 is 14.0 Å². The van der Waals surface area contributed by atoms with E-state index in [1.807, 2.05) is 25.1 Å². The van der Waals surface area contributed by atoms with E-state index in [-0.39, 0.29) is 11.8 Å². The molecular formula is C18H19NO3. The summed E-state index contributed by atoms with van der Waals surface area (Å²) in [6.45, 7) is 1.95. The Kier molecular flexibility index (Phi) is 4.09. The van der Waals surface area contributed by atoms with Gasteiger partial charge in [-0.2, -0.15) is 0 Å². The standard InChI is InChI=1S/C18H19NO3/c1-12-15(17-10-9-14(11-20)22-17)7-4-8-16(12)19-18(21)13-5-2-3-6-13/h4,7-11,13H,2-3,5-6H2,1H3,(H,19,21). The van der Waals surface area contributed by atoms with E-state index in [0.29, 0.717) is 17.8 Å². The Hall–Kier alpha value is -2.36. The van der Waals surface area contributed by atoms with E-state index in [1.165, 1.54) is 0 Å². The lowest BCUT2D eigenvalue weighted by Gasteiger charge is -2.14. The van der Waals surface area contributed by atoms with Crippen molar-refractivity contribution in [3.63, 3.8) is 0 Å². The molecule has 0 atom stereocenters. The van der Waals surface area contributed by atoms with Crippen LogP contribution in [0.2, 0.25) is 0 Å². The highest BCUT2D eigenvalue weighted by Gasteiger charge is 2.23. The number of rotatable bonds is 4. The zero-order valence-corrected chi connectivity index (χ0v) is 12.6. The molecule has 114 valence electrons. The minimum Gasteiger partial charge on any atom is -0.453 e. The zero-order chi connectivity index (χ0) is 15.5. The van der Waals surface area contributed by atoms with Crippen LogP contribution in [0.15, 0.2) is 34.7 Å². The fourth-order valence-corrected chi connectivity index (χ4v) is 3.02. The maximum absolute atomic E-state index is 12.3. The number of anilines is 1. The van der Waals surface area contributed by atoms with E-state index < -0.39 is 0 Å². The predicted octanol–water partition coefficient (Wildman–Crippen LogP) is 4.20. The van der Waals surface area contributed by atoms with Crippen molar-refractivity contribution in [2.75, 3.05) is 5.32 Å². The van der Waals surface area contributed by atoms with Crippen LogP contribution in [-0.4, -0.2) is 12.2 Å². The topological polar surface area (TPSA) is 59.3 Å². The summed E-state index contributed by atoms with van der Waals surface area (Å²) in [7, 11) is 0. The molecule has 1 aromatic heterocycles. The Labute approximate surface area is 129 Å². The van der Waals surface area contributed by atoms with Gasteiger partial charge in [-0.25, -0.2) is 0 Å². The minimum absolute atomic E-state index is 0.103. The third-order valence-electron chi connectivity index (χ3n) is 4.33. The van der Waals surface area contributed by atoms with Gasteiger partial charge in [0.1, 0.15) is 5.76 Å². The fraction of sp³-hybridized carbons (Fsp3) is 0.333. The van der Waals surface area contributed by atoms with Gasteiger partial charge in [0.15, 0.2) is 12.0 Å². The van der Waals surface area contributed by atoms with Crippen molar-refractivity contribution in [2.24, 2.45) is 5.92 Å². The largest absolute Gasteiger partial charge is 0.453 e. The van der Waals surface area contributed by atoms with Gasteiger partial charge in [-0.1, -0.05) is 25.0 Å². The lowest BCUT2D eigenvalue weighted by molar-refractivity contribution is -0.119. The number of nitrogens with one attached hydrogen (secondary N) is 1. The monoisotopic (exact) mass is 297 g/mol. The molecule has 0 bridgehead atoms. The quantitative estimate of drug-likeness (QED) is 0.860. The van der Waals surface area contributed by atoms with Gasteiger partial charge in [0.25, 0.3) is 0 Å². The SMILES string of the molecule is Cc1c(NC(=O)C2CCCC2)cccc1-c1ccc(C=O)o1. The van der Waals surface area contributed by atoms with Gasteiger partial charge in [-0.05, 0) is 43.5 Å². The molecule has 1 aromatic carbocycles. The Balaban J connectivity index is 1.85. The molecule has 2 aromatic rings. The van der Waals surface area contributed by atoms with Gasteiger partial charge in [-0.3, -0.25) is 9.59 Å². The first kappa shape index (κ1) is 14.6. The summed E-state index contributed by atoms with van der Waals surface area (Å²) in [5.74, 6) is 1.17. The van der Waals surface area contributed by atoms with E-state index in [4.69, 9.17) is 4.42 Å². The van der Waals surface area contributed by atoms with E-state index in [2.05, 4.69) is 5.32 Å². The van der Waals surface area contributed by atoms with E-state index >= 15 is 0 Å². The summed E-state index contributed by atoms with van der Waals surface area (Å²) < 4.78 is 5.48. The van der Waals surface area contributed by atoms with Gasteiger partial charge < -0.3 is 9.73 Å². The van der Waals surface area contributed by atoms with Crippen molar-refractivity contribution in [1.82, 2.24) is 0 Å². The van der Waals surface area contributed by atoms with Crippen LogP contribution in [0.25, 0.3) is 11.3 Å².